The van der Waals surface area contributed by atoms with Crippen LogP contribution in [0.15, 0.2) is 21.1 Å². The van der Waals surface area contributed by atoms with Gasteiger partial charge < -0.3 is 4.74 Å². The highest BCUT2D eigenvalue weighted by Gasteiger charge is 2.30. The molecule has 18 heavy (non-hydrogen) atoms. The SMILES string of the molecule is O=Cc1cc(Br)c(OC2CCS(=O)(=O)C2)c(Br)c1. The molecule has 0 aromatic heterocycles. The molecule has 0 spiro atoms. The zero-order valence-corrected chi connectivity index (χ0v) is 13.2. The molecule has 1 aromatic carbocycles. The Morgan fingerprint density at radius 1 is 1.28 bits per heavy atom. The van der Waals surface area contributed by atoms with E-state index in [0.29, 0.717) is 26.7 Å². The first-order valence-electron chi connectivity index (χ1n) is 5.22. The third-order valence-corrected chi connectivity index (χ3v) is 5.55. The molecule has 0 N–H and O–H groups in total. The number of carbonyl (C=O) groups excluding carboxylic acids is 1. The van der Waals surface area contributed by atoms with Gasteiger partial charge in [-0.15, -0.1) is 0 Å². The standard InChI is InChI=1S/C11H10Br2O4S/c12-9-3-7(5-14)4-10(13)11(9)17-8-1-2-18(15,16)6-8/h3-5,8H,1-2,6H2. The summed E-state index contributed by atoms with van der Waals surface area (Å²) in [7, 11) is -2.97. The summed E-state index contributed by atoms with van der Waals surface area (Å²) >= 11 is 6.62. The maximum Gasteiger partial charge on any atom is 0.154 e. The lowest BCUT2D eigenvalue weighted by atomic mass is 10.2. The van der Waals surface area contributed by atoms with Gasteiger partial charge >= 0.3 is 0 Å². The van der Waals surface area contributed by atoms with Gasteiger partial charge in [0, 0.05) is 5.56 Å². The Labute approximate surface area is 122 Å². The number of carbonyl (C=O) groups is 1. The highest BCUT2D eigenvalue weighted by molar-refractivity contribution is 9.11. The van der Waals surface area contributed by atoms with Crippen molar-refractivity contribution in [3.05, 3.63) is 26.6 Å². The van der Waals surface area contributed by atoms with Gasteiger partial charge in [0.1, 0.15) is 18.1 Å². The van der Waals surface area contributed by atoms with E-state index < -0.39 is 9.84 Å². The predicted molar refractivity (Wildman–Crippen MR) is 74.9 cm³/mol. The average Bonchev–Trinajstić information content (AvgIpc) is 2.63. The van der Waals surface area contributed by atoms with Crippen LogP contribution in [0.5, 0.6) is 5.75 Å². The van der Waals surface area contributed by atoms with Gasteiger partial charge in [-0.3, -0.25) is 4.79 Å². The molecule has 0 amide bonds. The summed E-state index contributed by atoms with van der Waals surface area (Å²) in [6, 6.07) is 3.27. The fraction of sp³-hybridized carbons (Fsp3) is 0.364. The van der Waals surface area contributed by atoms with Crippen LogP contribution in [-0.4, -0.2) is 32.3 Å². The van der Waals surface area contributed by atoms with Crippen LogP contribution < -0.4 is 4.74 Å². The van der Waals surface area contributed by atoms with E-state index in [2.05, 4.69) is 31.9 Å². The van der Waals surface area contributed by atoms with Gasteiger partial charge in [0.2, 0.25) is 0 Å². The number of hydrogen-bond donors (Lipinski definition) is 0. The summed E-state index contributed by atoms with van der Waals surface area (Å²) in [6.07, 6.45) is 0.903. The monoisotopic (exact) mass is 396 g/mol. The number of benzene rings is 1. The molecular formula is C11H10Br2O4S. The highest BCUT2D eigenvalue weighted by Crippen LogP contribution is 2.36. The molecule has 1 aliphatic heterocycles. The van der Waals surface area contributed by atoms with Crippen LogP contribution in [0.4, 0.5) is 0 Å². The molecule has 1 heterocycles. The predicted octanol–water partition coefficient (Wildman–Crippen LogP) is 2.59. The van der Waals surface area contributed by atoms with Crippen molar-refractivity contribution in [3.8, 4) is 5.75 Å². The van der Waals surface area contributed by atoms with Gasteiger partial charge in [-0.05, 0) is 50.4 Å². The highest BCUT2D eigenvalue weighted by atomic mass is 79.9. The molecule has 0 aliphatic carbocycles. The third-order valence-electron chi connectivity index (χ3n) is 2.63. The van der Waals surface area contributed by atoms with Crippen LogP contribution in [-0.2, 0) is 9.84 Å². The summed E-state index contributed by atoms with van der Waals surface area (Å²) in [5.41, 5.74) is 0.514. The Bertz CT molecular complexity index is 560. The molecule has 1 unspecified atom stereocenters. The van der Waals surface area contributed by atoms with Gasteiger partial charge in [0.15, 0.2) is 9.84 Å². The van der Waals surface area contributed by atoms with Crippen LogP contribution in [0.25, 0.3) is 0 Å². The van der Waals surface area contributed by atoms with E-state index in [-0.39, 0.29) is 17.6 Å². The summed E-state index contributed by atoms with van der Waals surface area (Å²) < 4.78 is 29.6. The quantitative estimate of drug-likeness (QED) is 0.735. The van der Waals surface area contributed by atoms with Gasteiger partial charge in [0.25, 0.3) is 0 Å². The van der Waals surface area contributed by atoms with E-state index in [9.17, 15) is 13.2 Å². The Morgan fingerprint density at radius 2 is 1.89 bits per heavy atom. The van der Waals surface area contributed by atoms with E-state index in [0.717, 1.165) is 6.29 Å². The maximum absolute atomic E-state index is 11.4. The van der Waals surface area contributed by atoms with E-state index in [1.165, 1.54) is 0 Å². The largest absolute Gasteiger partial charge is 0.487 e. The zero-order valence-electron chi connectivity index (χ0n) is 9.23. The summed E-state index contributed by atoms with van der Waals surface area (Å²) in [5.74, 6) is 0.739. The molecule has 1 aromatic rings. The van der Waals surface area contributed by atoms with Gasteiger partial charge in [-0.1, -0.05) is 0 Å². The molecular weight excluding hydrogens is 388 g/mol. The molecule has 2 rings (SSSR count). The Balaban J connectivity index is 2.22. The Morgan fingerprint density at radius 3 is 2.33 bits per heavy atom. The van der Waals surface area contributed by atoms with Crippen LogP contribution in [0.2, 0.25) is 0 Å². The van der Waals surface area contributed by atoms with Crippen molar-refractivity contribution in [2.75, 3.05) is 11.5 Å². The normalized spacial score (nSPS) is 21.8. The molecule has 0 radical (unpaired) electrons. The molecule has 0 saturated carbocycles. The molecule has 1 aliphatic rings. The minimum atomic E-state index is -2.97. The second kappa shape index (κ2) is 5.30. The molecule has 98 valence electrons. The molecule has 7 heteroatoms. The van der Waals surface area contributed by atoms with Gasteiger partial charge in [-0.2, -0.15) is 0 Å². The number of sulfone groups is 1. The summed E-state index contributed by atoms with van der Waals surface area (Å²) in [6.45, 7) is 0. The number of rotatable bonds is 3. The third kappa shape index (κ3) is 3.13. The zero-order chi connectivity index (χ0) is 13.3. The van der Waals surface area contributed by atoms with Crippen molar-refractivity contribution in [2.24, 2.45) is 0 Å². The fourth-order valence-electron chi connectivity index (χ4n) is 1.78. The number of aldehydes is 1. The maximum atomic E-state index is 11.4. The second-order valence-corrected chi connectivity index (χ2v) is 8.01. The molecule has 0 bridgehead atoms. The topological polar surface area (TPSA) is 60.4 Å². The smallest absolute Gasteiger partial charge is 0.154 e. The lowest BCUT2D eigenvalue weighted by Gasteiger charge is -2.15. The Hall–Kier alpha value is -0.400. The lowest BCUT2D eigenvalue weighted by molar-refractivity contribution is 0.112. The first-order valence-corrected chi connectivity index (χ1v) is 8.63. The van der Waals surface area contributed by atoms with Gasteiger partial charge in [0.05, 0.1) is 20.5 Å². The van der Waals surface area contributed by atoms with E-state index in [1.54, 1.807) is 12.1 Å². The van der Waals surface area contributed by atoms with Crippen LogP contribution in [0.1, 0.15) is 16.8 Å². The molecule has 4 nitrogen and oxygen atoms in total. The average molecular weight is 398 g/mol. The summed E-state index contributed by atoms with van der Waals surface area (Å²) in [5, 5.41) is 0. The summed E-state index contributed by atoms with van der Waals surface area (Å²) in [4.78, 5) is 10.7. The van der Waals surface area contributed by atoms with Crippen LogP contribution in [0, 0.1) is 0 Å². The minimum absolute atomic E-state index is 0.0430. The van der Waals surface area contributed by atoms with E-state index >= 15 is 0 Å². The first-order chi connectivity index (χ1) is 8.41. The van der Waals surface area contributed by atoms with Crippen molar-refractivity contribution in [2.45, 2.75) is 12.5 Å². The lowest BCUT2D eigenvalue weighted by Crippen LogP contribution is -2.18. The molecule has 1 saturated heterocycles. The first kappa shape index (κ1) is 14.0. The van der Waals surface area contributed by atoms with Crippen LogP contribution >= 0.6 is 31.9 Å². The molecule has 1 atom stereocenters. The van der Waals surface area contributed by atoms with Gasteiger partial charge in [-0.25, -0.2) is 8.42 Å². The van der Waals surface area contributed by atoms with Crippen molar-refractivity contribution >= 4 is 48.0 Å². The number of hydrogen-bond acceptors (Lipinski definition) is 4. The minimum Gasteiger partial charge on any atom is -0.487 e. The van der Waals surface area contributed by atoms with Crippen molar-refractivity contribution < 1.29 is 17.9 Å². The number of ether oxygens (including phenoxy) is 1. The molecule has 1 fully saturated rings. The van der Waals surface area contributed by atoms with Crippen molar-refractivity contribution in [1.82, 2.24) is 0 Å². The van der Waals surface area contributed by atoms with E-state index in [1.807, 2.05) is 0 Å². The van der Waals surface area contributed by atoms with Crippen LogP contribution in [0.3, 0.4) is 0 Å². The van der Waals surface area contributed by atoms with Crippen molar-refractivity contribution in [1.29, 1.82) is 0 Å². The second-order valence-electron chi connectivity index (χ2n) is 4.07. The van der Waals surface area contributed by atoms with Crippen molar-refractivity contribution in [3.63, 3.8) is 0 Å². The fourth-order valence-corrected chi connectivity index (χ4v) is 4.78. The van der Waals surface area contributed by atoms with E-state index in [4.69, 9.17) is 4.74 Å². The number of halogens is 2. The Kier molecular flexibility index (Phi) is 4.13.